The molecule has 1 aliphatic carbocycles. The van der Waals surface area contributed by atoms with E-state index in [1.54, 1.807) is 6.92 Å². The number of rotatable bonds is 2. The maximum atomic E-state index is 10.2. The Hall–Kier alpha value is -1.06. The predicted octanol–water partition coefficient (Wildman–Crippen LogP) is 0.0377. The average Bonchev–Trinajstić information content (AvgIpc) is 2.40. The zero-order valence-electron chi connectivity index (χ0n) is 5.44. The van der Waals surface area contributed by atoms with Crippen molar-refractivity contribution >= 4 is 11.9 Å². The highest BCUT2D eigenvalue weighted by Crippen LogP contribution is 2.45. The van der Waals surface area contributed by atoms with Crippen LogP contribution in [-0.4, -0.2) is 22.2 Å². The minimum absolute atomic E-state index is 0.199. The fraction of sp³-hybridized carbons (Fsp3) is 0.667. The molecule has 4 nitrogen and oxygen atoms in total. The third-order valence-electron chi connectivity index (χ3n) is 1.95. The zero-order valence-corrected chi connectivity index (χ0v) is 5.44. The summed E-state index contributed by atoms with van der Waals surface area (Å²) >= 11 is 0. The molecule has 10 heavy (non-hydrogen) atoms. The van der Waals surface area contributed by atoms with Crippen LogP contribution in [0.15, 0.2) is 0 Å². The van der Waals surface area contributed by atoms with Gasteiger partial charge in [-0.1, -0.05) is 6.92 Å². The molecule has 2 N–H and O–H groups in total. The van der Waals surface area contributed by atoms with Gasteiger partial charge in [-0.15, -0.1) is 0 Å². The van der Waals surface area contributed by atoms with Crippen LogP contribution < -0.4 is 0 Å². The van der Waals surface area contributed by atoms with Crippen LogP contribution in [0.5, 0.6) is 0 Å². The highest BCUT2D eigenvalue weighted by Gasteiger charge is 2.56. The molecule has 4 heteroatoms. The SMILES string of the molecule is CC1C(C(=O)O)C1C(=O)O. The number of hydrogen-bond acceptors (Lipinski definition) is 2. The maximum Gasteiger partial charge on any atom is 0.307 e. The largest absolute Gasteiger partial charge is 0.481 e. The predicted molar refractivity (Wildman–Crippen MR) is 31.4 cm³/mol. The van der Waals surface area contributed by atoms with Gasteiger partial charge in [0.2, 0.25) is 0 Å². The summed E-state index contributed by atoms with van der Waals surface area (Å²) in [6, 6.07) is 0. The summed E-state index contributed by atoms with van der Waals surface area (Å²) in [6.45, 7) is 1.64. The maximum absolute atomic E-state index is 10.2. The molecule has 1 rings (SSSR count). The summed E-state index contributed by atoms with van der Waals surface area (Å²) in [7, 11) is 0. The first-order valence-electron chi connectivity index (χ1n) is 3.01. The molecular formula is C6H8O4. The number of carboxylic acids is 2. The second kappa shape index (κ2) is 1.97. The normalized spacial score (nSPS) is 37.1. The van der Waals surface area contributed by atoms with Crippen molar-refractivity contribution in [2.45, 2.75) is 6.92 Å². The third kappa shape index (κ3) is 0.853. The van der Waals surface area contributed by atoms with Gasteiger partial charge in [-0.05, 0) is 5.92 Å². The number of carboxylic acid groups (broad SMARTS) is 2. The Kier molecular flexibility index (Phi) is 1.39. The lowest BCUT2D eigenvalue weighted by atomic mass is 10.3. The first-order chi connectivity index (χ1) is 4.55. The van der Waals surface area contributed by atoms with Gasteiger partial charge in [-0.2, -0.15) is 0 Å². The molecule has 0 aliphatic heterocycles. The molecule has 0 aromatic carbocycles. The van der Waals surface area contributed by atoms with Crippen LogP contribution in [-0.2, 0) is 9.59 Å². The third-order valence-corrected chi connectivity index (χ3v) is 1.95. The van der Waals surface area contributed by atoms with E-state index in [1.807, 2.05) is 0 Å². The molecule has 2 atom stereocenters. The summed E-state index contributed by atoms with van der Waals surface area (Å²) in [4.78, 5) is 20.4. The molecule has 0 aromatic heterocycles. The van der Waals surface area contributed by atoms with E-state index in [9.17, 15) is 9.59 Å². The van der Waals surface area contributed by atoms with Crippen LogP contribution in [0.1, 0.15) is 6.92 Å². The Bertz CT molecular complexity index is 166. The van der Waals surface area contributed by atoms with Crippen molar-refractivity contribution in [2.75, 3.05) is 0 Å². The van der Waals surface area contributed by atoms with Crippen LogP contribution in [0.2, 0.25) is 0 Å². The van der Waals surface area contributed by atoms with Gasteiger partial charge in [-0.25, -0.2) is 0 Å². The molecule has 0 heterocycles. The molecule has 1 saturated carbocycles. The van der Waals surface area contributed by atoms with Crippen LogP contribution >= 0.6 is 0 Å². The van der Waals surface area contributed by atoms with Crippen molar-refractivity contribution in [3.8, 4) is 0 Å². The van der Waals surface area contributed by atoms with E-state index in [2.05, 4.69) is 0 Å². The quantitative estimate of drug-likeness (QED) is 0.573. The van der Waals surface area contributed by atoms with Crippen LogP contribution in [0.3, 0.4) is 0 Å². The summed E-state index contributed by atoms with van der Waals surface area (Å²) in [5.41, 5.74) is 0. The molecule has 1 fully saturated rings. The van der Waals surface area contributed by atoms with Gasteiger partial charge < -0.3 is 10.2 Å². The smallest absolute Gasteiger partial charge is 0.307 e. The van der Waals surface area contributed by atoms with Crippen molar-refractivity contribution < 1.29 is 19.8 Å². The van der Waals surface area contributed by atoms with E-state index in [0.717, 1.165) is 0 Å². The molecule has 56 valence electrons. The molecule has 0 amide bonds. The minimum atomic E-state index is -1.00. The molecule has 0 bridgehead atoms. The Labute approximate surface area is 57.5 Å². The summed E-state index contributed by atoms with van der Waals surface area (Å²) in [5, 5.41) is 16.8. The van der Waals surface area contributed by atoms with Crippen molar-refractivity contribution in [2.24, 2.45) is 17.8 Å². The van der Waals surface area contributed by atoms with E-state index in [4.69, 9.17) is 10.2 Å². The van der Waals surface area contributed by atoms with E-state index < -0.39 is 23.8 Å². The van der Waals surface area contributed by atoms with Crippen molar-refractivity contribution in [1.82, 2.24) is 0 Å². The monoisotopic (exact) mass is 144 g/mol. The lowest BCUT2D eigenvalue weighted by Crippen LogP contribution is -2.05. The summed E-state index contributed by atoms with van der Waals surface area (Å²) < 4.78 is 0. The first kappa shape index (κ1) is 7.05. The molecular weight excluding hydrogens is 136 g/mol. The molecule has 0 saturated heterocycles. The lowest BCUT2D eigenvalue weighted by Gasteiger charge is -1.84. The fourth-order valence-corrected chi connectivity index (χ4v) is 1.22. The Balaban J connectivity index is 2.57. The summed E-state index contributed by atoms with van der Waals surface area (Å²) in [6.07, 6.45) is 0. The highest BCUT2D eigenvalue weighted by molar-refractivity contribution is 5.86. The van der Waals surface area contributed by atoms with Crippen molar-refractivity contribution in [1.29, 1.82) is 0 Å². The van der Waals surface area contributed by atoms with Gasteiger partial charge in [0.1, 0.15) is 0 Å². The van der Waals surface area contributed by atoms with Gasteiger partial charge >= 0.3 is 11.9 Å². The van der Waals surface area contributed by atoms with Crippen molar-refractivity contribution in [3.63, 3.8) is 0 Å². The minimum Gasteiger partial charge on any atom is -0.481 e. The van der Waals surface area contributed by atoms with Crippen LogP contribution in [0.25, 0.3) is 0 Å². The Morgan fingerprint density at radius 3 is 1.50 bits per heavy atom. The molecule has 0 spiro atoms. The number of hydrogen-bond donors (Lipinski definition) is 2. The van der Waals surface area contributed by atoms with Gasteiger partial charge in [0.25, 0.3) is 0 Å². The first-order valence-corrected chi connectivity index (χ1v) is 3.01. The molecule has 0 aromatic rings. The number of aliphatic carboxylic acids is 2. The molecule has 1 aliphatic rings. The lowest BCUT2D eigenvalue weighted by molar-refractivity contribution is -0.144. The standard InChI is InChI=1S/C6H8O4/c1-2-3(5(7)8)4(2)6(9)10/h2-4H,1H3,(H,7,8)(H,9,10). The van der Waals surface area contributed by atoms with Gasteiger partial charge in [-0.3, -0.25) is 9.59 Å². The topological polar surface area (TPSA) is 74.6 Å². The Morgan fingerprint density at radius 1 is 1.10 bits per heavy atom. The summed E-state index contributed by atoms with van der Waals surface area (Å²) in [5.74, 6) is -3.51. The Morgan fingerprint density at radius 2 is 1.40 bits per heavy atom. The zero-order chi connectivity index (χ0) is 7.89. The van der Waals surface area contributed by atoms with Gasteiger partial charge in [0, 0.05) is 0 Å². The molecule has 2 unspecified atom stereocenters. The van der Waals surface area contributed by atoms with E-state index in [0.29, 0.717) is 0 Å². The average molecular weight is 144 g/mol. The van der Waals surface area contributed by atoms with Crippen LogP contribution in [0.4, 0.5) is 0 Å². The van der Waals surface area contributed by atoms with Gasteiger partial charge in [0.05, 0.1) is 11.8 Å². The second-order valence-electron chi connectivity index (χ2n) is 2.59. The van der Waals surface area contributed by atoms with E-state index >= 15 is 0 Å². The van der Waals surface area contributed by atoms with E-state index in [-0.39, 0.29) is 5.92 Å². The fourth-order valence-electron chi connectivity index (χ4n) is 1.22. The van der Waals surface area contributed by atoms with Crippen LogP contribution in [0, 0.1) is 17.8 Å². The van der Waals surface area contributed by atoms with Crippen molar-refractivity contribution in [3.05, 3.63) is 0 Å². The van der Waals surface area contributed by atoms with Gasteiger partial charge in [0.15, 0.2) is 0 Å². The second-order valence-corrected chi connectivity index (χ2v) is 2.59. The highest BCUT2D eigenvalue weighted by atomic mass is 16.4. The number of carbonyl (C=O) groups is 2. The van der Waals surface area contributed by atoms with E-state index in [1.165, 1.54) is 0 Å². The molecule has 0 radical (unpaired) electrons.